The average Bonchev–Trinajstić information content (AvgIpc) is 2.82. The zero-order valence-corrected chi connectivity index (χ0v) is 17.2. The fraction of sp³-hybridized carbons (Fsp3) is 0.632. The molecule has 3 nitrogen and oxygen atoms in total. The Morgan fingerprint density at radius 2 is 1.79 bits per heavy atom. The zero-order valence-electron chi connectivity index (χ0n) is 16.2. The standard InChI is InChI=1S/C19H30BNO2Si/c1-13-10-16(11-14(2)18(13)20)21-15(8-9-17(21)22)12-23-24(6,7)19(3,4)5/h10-11,15H,8-9,12H2,1-7H3/t15-/m1/s1. The Labute approximate surface area is 149 Å². The Kier molecular flexibility index (Phi) is 5.36. The fourth-order valence-electron chi connectivity index (χ4n) is 2.87. The molecular formula is C19H30BNO2Si. The molecule has 130 valence electrons. The second kappa shape index (κ2) is 6.68. The summed E-state index contributed by atoms with van der Waals surface area (Å²) in [4.78, 5) is 14.4. The van der Waals surface area contributed by atoms with E-state index in [0.717, 1.165) is 28.7 Å². The second-order valence-corrected chi connectivity index (χ2v) is 13.3. The molecule has 2 rings (SSSR count). The van der Waals surface area contributed by atoms with E-state index in [2.05, 4.69) is 33.9 Å². The Morgan fingerprint density at radius 1 is 1.25 bits per heavy atom. The van der Waals surface area contributed by atoms with Crippen molar-refractivity contribution >= 4 is 33.2 Å². The van der Waals surface area contributed by atoms with Crippen molar-refractivity contribution in [3.63, 3.8) is 0 Å². The minimum atomic E-state index is -1.81. The molecule has 0 aliphatic carbocycles. The molecule has 1 aromatic carbocycles. The van der Waals surface area contributed by atoms with Crippen molar-refractivity contribution in [1.29, 1.82) is 0 Å². The van der Waals surface area contributed by atoms with Crippen LogP contribution in [0.5, 0.6) is 0 Å². The van der Waals surface area contributed by atoms with Gasteiger partial charge in [0.15, 0.2) is 8.32 Å². The van der Waals surface area contributed by atoms with E-state index in [9.17, 15) is 4.79 Å². The van der Waals surface area contributed by atoms with Gasteiger partial charge in [0.25, 0.3) is 0 Å². The molecule has 0 N–H and O–H groups in total. The highest BCUT2D eigenvalue weighted by molar-refractivity contribution is 6.74. The largest absolute Gasteiger partial charge is 0.415 e. The van der Waals surface area contributed by atoms with E-state index in [1.807, 2.05) is 30.9 Å². The number of amides is 1. The molecule has 1 aromatic rings. The molecule has 1 heterocycles. The summed E-state index contributed by atoms with van der Waals surface area (Å²) in [5, 5.41) is 0.175. The molecule has 0 bridgehead atoms. The lowest BCUT2D eigenvalue weighted by atomic mass is 9.86. The van der Waals surface area contributed by atoms with E-state index in [4.69, 9.17) is 12.3 Å². The molecule has 5 heteroatoms. The fourth-order valence-corrected chi connectivity index (χ4v) is 3.91. The summed E-state index contributed by atoms with van der Waals surface area (Å²) in [6.45, 7) is 15.8. The van der Waals surface area contributed by atoms with Gasteiger partial charge in [0.05, 0.1) is 12.6 Å². The van der Waals surface area contributed by atoms with Crippen LogP contribution in [0.2, 0.25) is 18.1 Å². The first-order chi connectivity index (χ1) is 10.9. The first-order valence-electron chi connectivity index (χ1n) is 8.77. The molecule has 1 fully saturated rings. The highest BCUT2D eigenvalue weighted by atomic mass is 28.4. The van der Waals surface area contributed by atoms with E-state index < -0.39 is 8.32 Å². The van der Waals surface area contributed by atoms with Crippen LogP contribution in [0.25, 0.3) is 0 Å². The molecule has 1 aliphatic rings. The molecular weight excluding hydrogens is 313 g/mol. The van der Waals surface area contributed by atoms with Crippen molar-refractivity contribution in [3.8, 4) is 0 Å². The lowest BCUT2D eigenvalue weighted by molar-refractivity contribution is -0.117. The number of rotatable bonds is 4. The SMILES string of the molecule is [B]c1c(C)cc(N2C(=O)CC[C@@H]2CO[Si](C)(C)C(C)(C)C)cc1C. The number of carbonyl (C=O) groups is 1. The molecule has 24 heavy (non-hydrogen) atoms. The molecule has 1 amide bonds. The van der Waals surface area contributed by atoms with Gasteiger partial charge in [-0.1, -0.05) is 37.4 Å². The van der Waals surface area contributed by atoms with Crippen LogP contribution in [-0.2, 0) is 9.22 Å². The third kappa shape index (κ3) is 3.78. The van der Waals surface area contributed by atoms with Gasteiger partial charge in [0, 0.05) is 12.1 Å². The number of hydrogen-bond acceptors (Lipinski definition) is 2. The Bertz CT molecular complexity index is 614. The zero-order chi connectivity index (χ0) is 18.3. The first-order valence-corrected chi connectivity index (χ1v) is 11.7. The van der Waals surface area contributed by atoms with Crippen LogP contribution in [-0.4, -0.2) is 34.7 Å². The van der Waals surface area contributed by atoms with E-state index in [1.54, 1.807) is 0 Å². The molecule has 0 spiro atoms. The molecule has 1 atom stereocenters. The average molecular weight is 343 g/mol. The molecule has 1 aliphatic heterocycles. The summed E-state index contributed by atoms with van der Waals surface area (Å²) < 4.78 is 6.38. The Hall–Kier alpha value is -1.07. The maximum Gasteiger partial charge on any atom is 0.227 e. The van der Waals surface area contributed by atoms with Crippen molar-refractivity contribution in [2.75, 3.05) is 11.5 Å². The summed E-state index contributed by atoms with van der Waals surface area (Å²) in [5.74, 6) is 0.183. The van der Waals surface area contributed by atoms with Gasteiger partial charge in [-0.3, -0.25) is 4.79 Å². The quantitative estimate of drug-likeness (QED) is 0.782. The maximum absolute atomic E-state index is 12.5. The monoisotopic (exact) mass is 343 g/mol. The van der Waals surface area contributed by atoms with Crippen LogP contribution >= 0.6 is 0 Å². The van der Waals surface area contributed by atoms with Crippen LogP contribution in [0.15, 0.2) is 12.1 Å². The van der Waals surface area contributed by atoms with E-state index in [1.165, 1.54) is 0 Å². The predicted octanol–water partition coefficient (Wildman–Crippen LogP) is 3.61. The molecule has 0 saturated carbocycles. The summed E-state index contributed by atoms with van der Waals surface area (Å²) in [7, 11) is 4.25. The van der Waals surface area contributed by atoms with Crippen LogP contribution in [0, 0.1) is 13.8 Å². The van der Waals surface area contributed by atoms with Crippen molar-refractivity contribution in [3.05, 3.63) is 23.3 Å². The smallest absolute Gasteiger partial charge is 0.227 e. The van der Waals surface area contributed by atoms with Crippen LogP contribution in [0.3, 0.4) is 0 Å². The number of aryl methyl sites for hydroxylation is 2. The molecule has 1 saturated heterocycles. The summed E-state index contributed by atoms with van der Waals surface area (Å²) >= 11 is 0. The molecule has 2 radical (unpaired) electrons. The van der Waals surface area contributed by atoms with E-state index in [-0.39, 0.29) is 17.0 Å². The Morgan fingerprint density at radius 3 is 2.29 bits per heavy atom. The predicted molar refractivity (Wildman–Crippen MR) is 105 cm³/mol. The molecule has 0 aromatic heterocycles. The van der Waals surface area contributed by atoms with Gasteiger partial charge in [-0.25, -0.2) is 0 Å². The third-order valence-electron chi connectivity index (χ3n) is 5.62. The van der Waals surface area contributed by atoms with Crippen molar-refractivity contribution in [2.45, 2.75) is 71.6 Å². The number of hydrogen-bond donors (Lipinski definition) is 0. The van der Waals surface area contributed by atoms with Gasteiger partial charge in [0.1, 0.15) is 7.85 Å². The summed E-state index contributed by atoms with van der Waals surface area (Å²) in [6.07, 6.45) is 1.45. The van der Waals surface area contributed by atoms with Crippen molar-refractivity contribution in [1.82, 2.24) is 0 Å². The highest BCUT2D eigenvalue weighted by Gasteiger charge is 2.40. The highest BCUT2D eigenvalue weighted by Crippen LogP contribution is 2.37. The van der Waals surface area contributed by atoms with E-state index in [0.29, 0.717) is 13.0 Å². The summed E-state index contributed by atoms with van der Waals surface area (Å²) in [6, 6.07) is 4.16. The summed E-state index contributed by atoms with van der Waals surface area (Å²) in [5.41, 5.74) is 3.80. The van der Waals surface area contributed by atoms with E-state index >= 15 is 0 Å². The number of anilines is 1. The van der Waals surface area contributed by atoms with Gasteiger partial charge in [-0.15, -0.1) is 0 Å². The Balaban J connectivity index is 2.21. The third-order valence-corrected chi connectivity index (χ3v) is 10.1. The van der Waals surface area contributed by atoms with Gasteiger partial charge >= 0.3 is 0 Å². The number of nitrogens with zero attached hydrogens (tertiary/aromatic N) is 1. The van der Waals surface area contributed by atoms with Crippen molar-refractivity contribution < 1.29 is 9.22 Å². The number of benzene rings is 1. The second-order valence-electron chi connectivity index (χ2n) is 8.52. The van der Waals surface area contributed by atoms with Crippen molar-refractivity contribution in [2.24, 2.45) is 0 Å². The first kappa shape index (κ1) is 19.3. The number of carbonyl (C=O) groups excluding carboxylic acids is 1. The van der Waals surface area contributed by atoms with Gasteiger partial charge < -0.3 is 9.33 Å². The van der Waals surface area contributed by atoms with Crippen LogP contribution < -0.4 is 10.4 Å². The normalized spacial score (nSPS) is 19.2. The minimum Gasteiger partial charge on any atom is -0.415 e. The molecule has 0 unspecified atom stereocenters. The lowest BCUT2D eigenvalue weighted by Crippen LogP contribution is -2.45. The van der Waals surface area contributed by atoms with Crippen LogP contribution in [0.4, 0.5) is 5.69 Å². The minimum absolute atomic E-state index is 0.119. The van der Waals surface area contributed by atoms with Gasteiger partial charge in [-0.2, -0.15) is 0 Å². The lowest BCUT2D eigenvalue weighted by Gasteiger charge is -2.38. The van der Waals surface area contributed by atoms with Gasteiger partial charge in [0.2, 0.25) is 5.91 Å². The van der Waals surface area contributed by atoms with Crippen LogP contribution in [0.1, 0.15) is 44.7 Å². The maximum atomic E-state index is 12.5. The topological polar surface area (TPSA) is 29.5 Å². The van der Waals surface area contributed by atoms with Gasteiger partial charge in [-0.05, 0) is 50.5 Å².